The minimum atomic E-state index is -4.58. The van der Waals surface area contributed by atoms with Crippen LogP contribution in [0.4, 0.5) is 18.9 Å². The summed E-state index contributed by atoms with van der Waals surface area (Å²) in [6.45, 7) is 0. The van der Waals surface area contributed by atoms with Gasteiger partial charge in [0.25, 0.3) is 5.91 Å². The number of amides is 1. The van der Waals surface area contributed by atoms with E-state index >= 15 is 0 Å². The highest BCUT2D eigenvalue weighted by molar-refractivity contribution is 6.33. The van der Waals surface area contributed by atoms with E-state index in [0.717, 1.165) is 22.9 Å². The third-order valence-electron chi connectivity index (χ3n) is 3.63. The normalized spacial score (nSPS) is 11.4. The zero-order chi connectivity index (χ0) is 19.8. The van der Waals surface area contributed by atoms with Crippen molar-refractivity contribution in [1.29, 1.82) is 0 Å². The maximum Gasteiger partial charge on any atom is 0.417 e. The first-order valence-corrected chi connectivity index (χ1v) is 7.82. The van der Waals surface area contributed by atoms with Crippen LogP contribution in [0, 0.1) is 0 Å². The summed E-state index contributed by atoms with van der Waals surface area (Å²) in [5, 5.41) is 2.31. The predicted molar refractivity (Wildman–Crippen MR) is 90.9 cm³/mol. The summed E-state index contributed by atoms with van der Waals surface area (Å²) in [6, 6.07) is 6.62. The predicted octanol–water partition coefficient (Wildman–Crippen LogP) is 4.05. The highest BCUT2D eigenvalue weighted by Gasteiger charge is 2.32. The van der Waals surface area contributed by atoms with E-state index in [2.05, 4.69) is 15.0 Å². The average Bonchev–Trinajstić information content (AvgIpc) is 3.06. The van der Waals surface area contributed by atoms with Gasteiger partial charge in [0.2, 0.25) is 0 Å². The second kappa shape index (κ2) is 6.92. The number of hydrogen-bond acceptors (Lipinski definition) is 4. The van der Waals surface area contributed by atoms with Gasteiger partial charge in [0.15, 0.2) is 5.65 Å². The van der Waals surface area contributed by atoms with Crippen molar-refractivity contribution in [3.8, 4) is 0 Å². The Labute approximate surface area is 155 Å². The summed E-state index contributed by atoms with van der Waals surface area (Å²) in [6.07, 6.45) is -2.63. The van der Waals surface area contributed by atoms with E-state index in [-0.39, 0.29) is 16.4 Å². The lowest BCUT2D eigenvalue weighted by molar-refractivity contribution is -0.137. The molecule has 0 aliphatic heterocycles. The molecule has 0 saturated heterocycles. The Hall–Kier alpha value is -3.07. The maximum absolute atomic E-state index is 12.9. The molecule has 0 unspecified atom stereocenters. The van der Waals surface area contributed by atoms with Crippen molar-refractivity contribution in [1.82, 2.24) is 9.38 Å². The van der Waals surface area contributed by atoms with E-state index in [4.69, 9.17) is 11.6 Å². The smallest absolute Gasteiger partial charge is 0.417 e. The van der Waals surface area contributed by atoms with Gasteiger partial charge >= 0.3 is 12.1 Å². The molecule has 3 aromatic rings. The fraction of sp³-hybridized carbons (Fsp3) is 0.118. The largest absolute Gasteiger partial charge is 0.465 e. The minimum absolute atomic E-state index is 0.0239. The van der Waals surface area contributed by atoms with Gasteiger partial charge in [0, 0.05) is 18.1 Å². The van der Waals surface area contributed by atoms with Crippen molar-refractivity contribution in [3.05, 3.63) is 64.6 Å². The molecule has 0 atom stereocenters. The highest BCUT2D eigenvalue weighted by atomic mass is 35.5. The standard InChI is InChI=1S/C17H11ClF3N3O3/c1-27-16(26)9-2-4-11(5-3-9)22-15(25)13-8-24-7-10(17(19,20)21)6-12(18)14(24)23-13/h2-8H,1H3,(H,22,25). The molecule has 1 amide bonds. The number of alkyl halides is 3. The molecule has 2 heterocycles. The summed E-state index contributed by atoms with van der Waals surface area (Å²) in [5.41, 5.74) is -0.381. The fourth-order valence-electron chi connectivity index (χ4n) is 2.32. The second-order valence-corrected chi connectivity index (χ2v) is 5.86. The van der Waals surface area contributed by atoms with E-state index < -0.39 is 23.6 Å². The lowest BCUT2D eigenvalue weighted by Crippen LogP contribution is -2.12. The van der Waals surface area contributed by atoms with Crippen LogP contribution in [0.1, 0.15) is 26.4 Å². The number of fused-ring (bicyclic) bond motifs is 1. The molecule has 0 aliphatic rings. The molecule has 0 aliphatic carbocycles. The van der Waals surface area contributed by atoms with Gasteiger partial charge in [-0.2, -0.15) is 13.2 Å². The number of carbonyl (C=O) groups excluding carboxylic acids is 2. The van der Waals surface area contributed by atoms with Gasteiger partial charge in [-0.25, -0.2) is 9.78 Å². The number of carbonyl (C=O) groups is 2. The molecule has 140 valence electrons. The number of esters is 1. The van der Waals surface area contributed by atoms with Crippen LogP contribution < -0.4 is 5.32 Å². The van der Waals surface area contributed by atoms with Crippen LogP contribution in [0.5, 0.6) is 0 Å². The topological polar surface area (TPSA) is 72.7 Å². The monoisotopic (exact) mass is 397 g/mol. The third-order valence-corrected chi connectivity index (χ3v) is 3.91. The zero-order valence-corrected chi connectivity index (χ0v) is 14.4. The molecular formula is C17H11ClF3N3O3. The van der Waals surface area contributed by atoms with Gasteiger partial charge in [-0.15, -0.1) is 0 Å². The Kier molecular flexibility index (Phi) is 4.79. The quantitative estimate of drug-likeness (QED) is 0.677. The lowest BCUT2D eigenvalue weighted by Gasteiger charge is -2.07. The molecule has 0 spiro atoms. The number of methoxy groups -OCH3 is 1. The summed E-state index contributed by atoms with van der Waals surface area (Å²) in [4.78, 5) is 27.7. The average molecular weight is 398 g/mol. The van der Waals surface area contributed by atoms with Gasteiger partial charge in [0.05, 0.1) is 23.3 Å². The van der Waals surface area contributed by atoms with Crippen LogP contribution in [0.15, 0.2) is 42.7 Å². The first kappa shape index (κ1) is 18.7. The molecule has 1 aromatic carbocycles. The van der Waals surface area contributed by atoms with Crippen molar-refractivity contribution in [2.24, 2.45) is 0 Å². The minimum Gasteiger partial charge on any atom is -0.465 e. The number of anilines is 1. The Bertz CT molecular complexity index is 1030. The van der Waals surface area contributed by atoms with Crippen LogP contribution in [-0.2, 0) is 10.9 Å². The van der Waals surface area contributed by atoms with Crippen molar-refractivity contribution in [2.45, 2.75) is 6.18 Å². The van der Waals surface area contributed by atoms with E-state index in [1.165, 1.54) is 31.4 Å². The van der Waals surface area contributed by atoms with Gasteiger partial charge < -0.3 is 14.5 Å². The Morgan fingerprint density at radius 3 is 2.44 bits per heavy atom. The molecule has 3 rings (SSSR count). The number of ether oxygens (including phenoxy) is 1. The van der Waals surface area contributed by atoms with Crippen molar-refractivity contribution in [3.63, 3.8) is 0 Å². The summed E-state index contributed by atoms with van der Waals surface area (Å²) in [5.74, 6) is -1.17. The number of nitrogens with one attached hydrogen (secondary N) is 1. The van der Waals surface area contributed by atoms with Crippen LogP contribution in [0.2, 0.25) is 5.02 Å². The molecule has 27 heavy (non-hydrogen) atoms. The molecule has 0 fully saturated rings. The summed E-state index contributed by atoms with van der Waals surface area (Å²) < 4.78 is 44.2. The van der Waals surface area contributed by atoms with Crippen molar-refractivity contribution in [2.75, 3.05) is 12.4 Å². The van der Waals surface area contributed by atoms with Crippen LogP contribution >= 0.6 is 11.6 Å². The molecule has 0 radical (unpaired) electrons. The Morgan fingerprint density at radius 2 is 1.85 bits per heavy atom. The zero-order valence-electron chi connectivity index (χ0n) is 13.7. The van der Waals surface area contributed by atoms with Crippen molar-refractivity contribution < 1.29 is 27.5 Å². The lowest BCUT2D eigenvalue weighted by atomic mass is 10.2. The number of imidazole rings is 1. The van der Waals surface area contributed by atoms with Crippen LogP contribution in [-0.4, -0.2) is 28.4 Å². The number of aromatic nitrogens is 2. The van der Waals surface area contributed by atoms with Gasteiger partial charge in [-0.1, -0.05) is 11.6 Å². The summed E-state index contributed by atoms with van der Waals surface area (Å²) in [7, 11) is 1.25. The number of pyridine rings is 1. The third kappa shape index (κ3) is 3.87. The van der Waals surface area contributed by atoms with E-state index in [9.17, 15) is 22.8 Å². The molecule has 0 saturated carbocycles. The van der Waals surface area contributed by atoms with Crippen LogP contribution in [0.25, 0.3) is 5.65 Å². The molecule has 2 aromatic heterocycles. The highest BCUT2D eigenvalue weighted by Crippen LogP contribution is 2.32. The molecular weight excluding hydrogens is 387 g/mol. The van der Waals surface area contributed by atoms with Crippen LogP contribution in [0.3, 0.4) is 0 Å². The molecule has 6 nitrogen and oxygen atoms in total. The molecule has 10 heteroatoms. The summed E-state index contributed by atoms with van der Waals surface area (Å²) >= 11 is 5.85. The second-order valence-electron chi connectivity index (χ2n) is 5.45. The Balaban J connectivity index is 1.85. The Morgan fingerprint density at radius 1 is 1.19 bits per heavy atom. The number of nitrogens with zero attached hydrogens (tertiary/aromatic N) is 2. The number of rotatable bonds is 3. The van der Waals surface area contributed by atoms with E-state index in [1.54, 1.807) is 0 Å². The maximum atomic E-state index is 12.9. The molecule has 0 bridgehead atoms. The SMILES string of the molecule is COC(=O)c1ccc(NC(=O)c2cn3cc(C(F)(F)F)cc(Cl)c3n2)cc1. The molecule has 1 N–H and O–H groups in total. The first-order valence-electron chi connectivity index (χ1n) is 7.44. The fourth-order valence-corrected chi connectivity index (χ4v) is 2.58. The number of benzene rings is 1. The van der Waals surface area contributed by atoms with Gasteiger partial charge in [0.1, 0.15) is 5.69 Å². The number of halogens is 4. The first-order chi connectivity index (χ1) is 12.7. The number of hydrogen-bond donors (Lipinski definition) is 1. The van der Waals surface area contributed by atoms with Crippen molar-refractivity contribution >= 4 is 34.8 Å². The van der Waals surface area contributed by atoms with Gasteiger partial charge in [-0.05, 0) is 30.3 Å². The van der Waals surface area contributed by atoms with Gasteiger partial charge in [-0.3, -0.25) is 4.79 Å². The van der Waals surface area contributed by atoms with E-state index in [1.807, 2.05) is 0 Å². The van der Waals surface area contributed by atoms with E-state index in [0.29, 0.717) is 11.3 Å².